The first kappa shape index (κ1) is 13.5. The van der Waals surface area contributed by atoms with E-state index in [4.69, 9.17) is 20.9 Å². The van der Waals surface area contributed by atoms with Crippen molar-refractivity contribution in [1.82, 2.24) is 0 Å². The number of hydrogen-bond acceptors (Lipinski definition) is 4. The van der Waals surface area contributed by atoms with Gasteiger partial charge in [-0.1, -0.05) is 12.1 Å². The summed E-state index contributed by atoms with van der Waals surface area (Å²) in [5, 5.41) is 0. The maximum absolute atomic E-state index is 11.1. The Labute approximate surface area is 101 Å². The normalized spacial score (nSPS) is 12.1. The highest BCUT2D eigenvalue weighted by Gasteiger charge is 2.11. The largest absolute Gasteiger partial charge is 0.490 e. The van der Waals surface area contributed by atoms with Gasteiger partial charge in [-0.15, -0.1) is 0 Å². The van der Waals surface area contributed by atoms with Gasteiger partial charge in [-0.05, 0) is 19.1 Å². The van der Waals surface area contributed by atoms with Crippen molar-refractivity contribution in [2.75, 3.05) is 19.8 Å². The zero-order valence-corrected chi connectivity index (χ0v) is 9.89. The number of benzene rings is 1. The monoisotopic (exact) mass is 238 g/mol. The van der Waals surface area contributed by atoms with Crippen molar-refractivity contribution in [1.29, 1.82) is 0 Å². The first-order valence-electron chi connectivity index (χ1n) is 5.52. The number of amides is 1. The Bertz CT molecular complexity index is 369. The molecule has 0 saturated carbocycles. The van der Waals surface area contributed by atoms with E-state index in [0.29, 0.717) is 31.1 Å². The van der Waals surface area contributed by atoms with Gasteiger partial charge in [0.25, 0.3) is 5.91 Å². The van der Waals surface area contributed by atoms with Crippen molar-refractivity contribution in [3.05, 3.63) is 29.8 Å². The van der Waals surface area contributed by atoms with Crippen molar-refractivity contribution in [2.24, 2.45) is 11.5 Å². The van der Waals surface area contributed by atoms with Gasteiger partial charge in [0.1, 0.15) is 18.5 Å². The predicted molar refractivity (Wildman–Crippen MR) is 64.9 cm³/mol. The maximum Gasteiger partial charge on any atom is 0.252 e. The fraction of sp³-hybridized carbons (Fsp3) is 0.417. The third kappa shape index (κ3) is 4.05. The van der Waals surface area contributed by atoms with Gasteiger partial charge in [-0.25, -0.2) is 0 Å². The molecule has 0 spiro atoms. The number of ether oxygens (including phenoxy) is 2. The van der Waals surface area contributed by atoms with Crippen molar-refractivity contribution >= 4 is 5.91 Å². The van der Waals surface area contributed by atoms with E-state index in [0.717, 1.165) is 0 Å². The first-order valence-corrected chi connectivity index (χ1v) is 5.52. The van der Waals surface area contributed by atoms with Crippen LogP contribution in [0.1, 0.15) is 17.3 Å². The number of hydrogen-bond donors (Lipinski definition) is 2. The molecule has 1 unspecified atom stereocenters. The first-order chi connectivity index (χ1) is 8.19. The van der Waals surface area contributed by atoms with Crippen molar-refractivity contribution in [3.8, 4) is 5.75 Å². The predicted octanol–water partition coefficient (Wildman–Crippen LogP) is 0.528. The molecular weight excluding hydrogens is 220 g/mol. The van der Waals surface area contributed by atoms with Crippen LogP contribution in [0.4, 0.5) is 0 Å². The number of rotatable bonds is 7. The van der Waals surface area contributed by atoms with Crippen LogP contribution in [0.5, 0.6) is 5.75 Å². The second-order valence-electron chi connectivity index (χ2n) is 3.48. The lowest BCUT2D eigenvalue weighted by Crippen LogP contribution is -2.30. The Kier molecular flexibility index (Phi) is 5.45. The quantitative estimate of drug-likeness (QED) is 0.725. The molecule has 17 heavy (non-hydrogen) atoms. The Morgan fingerprint density at radius 3 is 2.71 bits per heavy atom. The molecule has 5 nitrogen and oxygen atoms in total. The summed E-state index contributed by atoms with van der Waals surface area (Å²) in [7, 11) is 0. The Hall–Kier alpha value is -1.59. The highest BCUT2D eigenvalue weighted by atomic mass is 16.5. The standard InChI is InChI=1S/C12H18N2O3/c1-2-16-9(7-13)8-17-11-6-4-3-5-10(11)12(14)15/h3-6,9H,2,7-8,13H2,1H3,(H2,14,15). The molecule has 4 N–H and O–H groups in total. The number of primary amides is 1. The molecule has 1 rings (SSSR count). The molecular formula is C12H18N2O3. The van der Waals surface area contributed by atoms with E-state index in [1.54, 1.807) is 24.3 Å². The molecule has 0 radical (unpaired) electrons. The minimum Gasteiger partial charge on any atom is -0.490 e. The van der Waals surface area contributed by atoms with E-state index in [-0.39, 0.29) is 6.10 Å². The molecule has 0 fully saturated rings. The van der Waals surface area contributed by atoms with Crippen LogP contribution in [0.2, 0.25) is 0 Å². The second-order valence-corrected chi connectivity index (χ2v) is 3.48. The van der Waals surface area contributed by atoms with Crippen LogP contribution in [-0.2, 0) is 4.74 Å². The zero-order chi connectivity index (χ0) is 12.7. The fourth-order valence-electron chi connectivity index (χ4n) is 1.40. The van der Waals surface area contributed by atoms with E-state index in [2.05, 4.69) is 0 Å². The summed E-state index contributed by atoms with van der Waals surface area (Å²) in [5.41, 5.74) is 11.1. The maximum atomic E-state index is 11.1. The summed E-state index contributed by atoms with van der Waals surface area (Å²) in [6, 6.07) is 6.82. The molecule has 0 aliphatic rings. The van der Waals surface area contributed by atoms with Crippen LogP contribution in [0.25, 0.3) is 0 Å². The minimum atomic E-state index is -0.513. The molecule has 0 aliphatic carbocycles. The molecule has 0 aromatic heterocycles. The van der Waals surface area contributed by atoms with Gasteiger partial charge in [0.15, 0.2) is 0 Å². The molecule has 0 aliphatic heterocycles. The van der Waals surface area contributed by atoms with Crippen LogP contribution in [0.3, 0.4) is 0 Å². The van der Waals surface area contributed by atoms with E-state index >= 15 is 0 Å². The molecule has 0 saturated heterocycles. The summed E-state index contributed by atoms with van der Waals surface area (Å²) in [5.74, 6) is -0.0561. The third-order valence-corrected chi connectivity index (χ3v) is 2.24. The Balaban J connectivity index is 2.65. The topological polar surface area (TPSA) is 87.6 Å². The Morgan fingerprint density at radius 1 is 1.41 bits per heavy atom. The lowest BCUT2D eigenvalue weighted by molar-refractivity contribution is 0.0334. The van der Waals surface area contributed by atoms with Gasteiger partial charge in [0.05, 0.1) is 5.56 Å². The molecule has 1 amide bonds. The number of nitrogens with two attached hydrogens (primary N) is 2. The number of carbonyl (C=O) groups is 1. The van der Waals surface area contributed by atoms with Gasteiger partial charge < -0.3 is 20.9 Å². The average molecular weight is 238 g/mol. The summed E-state index contributed by atoms with van der Waals surface area (Å²) in [6.07, 6.45) is -0.180. The summed E-state index contributed by atoms with van der Waals surface area (Å²) < 4.78 is 10.8. The minimum absolute atomic E-state index is 0.180. The van der Waals surface area contributed by atoms with Crippen molar-refractivity contribution in [2.45, 2.75) is 13.0 Å². The van der Waals surface area contributed by atoms with Gasteiger partial charge >= 0.3 is 0 Å². The van der Waals surface area contributed by atoms with Crippen LogP contribution < -0.4 is 16.2 Å². The molecule has 0 heterocycles. The lowest BCUT2D eigenvalue weighted by Gasteiger charge is -2.16. The number of carbonyl (C=O) groups excluding carboxylic acids is 1. The Morgan fingerprint density at radius 2 is 2.12 bits per heavy atom. The number of para-hydroxylation sites is 1. The van der Waals surface area contributed by atoms with Gasteiger partial charge in [-0.3, -0.25) is 4.79 Å². The lowest BCUT2D eigenvalue weighted by atomic mass is 10.2. The average Bonchev–Trinajstić information content (AvgIpc) is 2.34. The highest BCUT2D eigenvalue weighted by molar-refractivity contribution is 5.95. The molecule has 1 aromatic carbocycles. The van der Waals surface area contributed by atoms with Gasteiger partial charge in [-0.2, -0.15) is 0 Å². The molecule has 1 atom stereocenters. The van der Waals surface area contributed by atoms with E-state index in [1.807, 2.05) is 6.92 Å². The van der Waals surface area contributed by atoms with E-state index in [1.165, 1.54) is 0 Å². The van der Waals surface area contributed by atoms with Crippen LogP contribution in [-0.4, -0.2) is 31.8 Å². The van der Waals surface area contributed by atoms with E-state index < -0.39 is 5.91 Å². The molecule has 94 valence electrons. The van der Waals surface area contributed by atoms with Crippen LogP contribution in [0, 0.1) is 0 Å². The van der Waals surface area contributed by atoms with Crippen LogP contribution in [0.15, 0.2) is 24.3 Å². The van der Waals surface area contributed by atoms with Gasteiger partial charge in [0, 0.05) is 13.2 Å². The molecule has 5 heteroatoms. The fourth-order valence-corrected chi connectivity index (χ4v) is 1.40. The summed E-state index contributed by atoms with van der Waals surface area (Å²) in [6.45, 7) is 3.13. The summed E-state index contributed by atoms with van der Waals surface area (Å²) in [4.78, 5) is 11.1. The van der Waals surface area contributed by atoms with Crippen molar-refractivity contribution < 1.29 is 14.3 Å². The summed E-state index contributed by atoms with van der Waals surface area (Å²) >= 11 is 0. The highest BCUT2D eigenvalue weighted by Crippen LogP contribution is 2.17. The smallest absolute Gasteiger partial charge is 0.252 e. The molecule has 0 bridgehead atoms. The molecule has 1 aromatic rings. The van der Waals surface area contributed by atoms with Crippen molar-refractivity contribution in [3.63, 3.8) is 0 Å². The van der Waals surface area contributed by atoms with Gasteiger partial charge in [0.2, 0.25) is 0 Å². The van der Waals surface area contributed by atoms with Crippen LogP contribution >= 0.6 is 0 Å². The second kappa shape index (κ2) is 6.88. The third-order valence-electron chi connectivity index (χ3n) is 2.24. The SMILES string of the molecule is CCOC(CN)COc1ccccc1C(N)=O. The zero-order valence-electron chi connectivity index (χ0n) is 9.89. The van der Waals surface area contributed by atoms with E-state index in [9.17, 15) is 4.79 Å².